The largest absolute Gasteiger partial charge is 0.339 e. The SMILES string of the molecule is CNCc1cc2ccccc2n1Cc1c(F)cccc1Cl. The zero-order valence-electron chi connectivity index (χ0n) is 11.7. The van der Waals surface area contributed by atoms with Gasteiger partial charge in [-0.15, -0.1) is 0 Å². The van der Waals surface area contributed by atoms with Crippen molar-refractivity contribution in [3.63, 3.8) is 0 Å². The van der Waals surface area contributed by atoms with Gasteiger partial charge in [0.2, 0.25) is 0 Å². The van der Waals surface area contributed by atoms with E-state index in [0.717, 1.165) is 23.1 Å². The summed E-state index contributed by atoms with van der Waals surface area (Å²) in [6, 6.07) is 15.0. The van der Waals surface area contributed by atoms with E-state index in [1.54, 1.807) is 12.1 Å². The lowest BCUT2D eigenvalue weighted by Gasteiger charge is -2.12. The molecule has 0 bridgehead atoms. The van der Waals surface area contributed by atoms with Gasteiger partial charge >= 0.3 is 0 Å². The van der Waals surface area contributed by atoms with Crippen molar-refractivity contribution in [3.05, 3.63) is 70.6 Å². The number of nitrogens with one attached hydrogen (secondary N) is 1. The molecule has 1 aromatic heterocycles. The first-order chi connectivity index (χ1) is 10.2. The Morgan fingerprint density at radius 2 is 1.95 bits per heavy atom. The molecule has 0 saturated heterocycles. The molecule has 1 heterocycles. The van der Waals surface area contributed by atoms with Crippen molar-refractivity contribution in [3.8, 4) is 0 Å². The quantitative estimate of drug-likeness (QED) is 0.764. The number of hydrogen-bond donors (Lipinski definition) is 1. The predicted molar refractivity (Wildman–Crippen MR) is 85.2 cm³/mol. The maximum absolute atomic E-state index is 14.0. The summed E-state index contributed by atoms with van der Waals surface area (Å²) >= 11 is 6.16. The third-order valence-corrected chi connectivity index (χ3v) is 3.99. The van der Waals surface area contributed by atoms with Crippen molar-refractivity contribution >= 4 is 22.5 Å². The molecule has 0 amide bonds. The van der Waals surface area contributed by atoms with E-state index in [2.05, 4.69) is 22.0 Å². The summed E-state index contributed by atoms with van der Waals surface area (Å²) in [6.45, 7) is 1.15. The van der Waals surface area contributed by atoms with Crippen molar-refractivity contribution in [2.45, 2.75) is 13.1 Å². The molecule has 0 saturated carbocycles. The van der Waals surface area contributed by atoms with Crippen LogP contribution in [0.25, 0.3) is 10.9 Å². The van der Waals surface area contributed by atoms with Crippen molar-refractivity contribution < 1.29 is 4.39 Å². The number of nitrogens with zero attached hydrogens (tertiary/aromatic N) is 1. The first-order valence-electron chi connectivity index (χ1n) is 6.85. The fourth-order valence-electron chi connectivity index (χ4n) is 2.62. The third-order valence-electron chi connectivity index (χ3n) is 3.63. The molecule has 0 spiro atoms. The Morgan fingerprint density at radius 3 is 2.71 bits per heavy atom. The van der Waals surface area contributed by atoms with Crippen molar-refractivity contribution in [2.75, 3.05) is 7.05 Å². The summed E-state index contributed by atoms with van der Waals surface area (Å²) in [5.74, 6) is -0.268. The second kappa shape index (κ2) is 5.88. The fourth-order valence-corrected chi connectivity index (χ4v) is 2.85. The Kier molecular flexibility index (Phi) is 3.95. The van der Waals surface area contributed by atoms with Crippen LogP contribution >= 0.6 is 11.6 Å². The molecule has 0 aliphatic carbocycles. The van der Waals surface area contributed by atoms with Crippen LogP contribution in [0.4, 0.5) is 4.39 Å². The van der Waals surface area contributed by atoms with Crippen LogP contribution in [0.2, 0.25) is 5.02 Å². The summed E-state index contributed by atoms with van der Waals surface area (Å²) in [6.07, 6.45) is 0. The molecule has 0 aliphatic heterocycles. The van der Waals surface area contributed by atoms with Crippen LogP contribution in [0.1, 0.15) is 11.3 Å². The second-order valence-electron chi connectivity index (χ2n) is 5.01. The van der Waals surface area contributed by atoms with E-state index in [0.29, 0.717) is 17.1 Å². The van der Waals surface area contributed by atoms with E-state index in [-0.39, 0.29) is 5.82 Å². The number of halogens is 2. The van der Waals surface area contributed by atoms with E-state index in [1.165, 1.54) is 6.07 Å². The first kappa shape index (κ1) is 14.1. The maximum atomic E-state index is 14.0. The third kappa shape index (κ3) is 2.67. The van der Waals surface area contributed by atoms with E-state index >= 15 is 0 Å². The summed E-state index contributed by atoms with van der Waals surface area (Å²) in [5.41, 5.74) is 2.72. The van der Waals surface area contributed by atoms with Gasteiger partial charge < -0.3 is 9.88 Å². The first-order valence-corrected chi connectivity index (χ1v) is 7.23. The molecule has 3 aromatic rings. The second-order valence-corrected chi connectivity index (χ2v) is 5.42. The van der Waals surface area contributed by atoms with Crippen LogP contribution in [0.5, 0.6) is 0 Å². The monoisotopic (exact) mass is 302 g/mol. The molecule has 0 unspecified atom stereocenters. The van der Waals surface area contributed by atoms with E-state index in [4.69, 9.17) is 11.6 Å². The molecule has 2 aromatic carbocycles. The summed E-state index contributed by atoms with van der Waals surface area (Å²) in [7, 11) is 1.90. The number of aromatic nitrogens is 1. The van der Waals surface area contributed by atoms with Crippen LogP contribution in [-0.2, 0) is 13.1 Å². The van der Waals surface area contributed by atoms with E-state index in [1.807, 2.05) is 25.2 Å². The van der Waals surface area contributed by atoms with Gasteiger partial charge in [0.15, 0.2) is 0 Å². The van der Waals surface area contributed by atoms with Gasteiger partial charge in [0, 0.05) is 28.3 Å². The van der Waals surface area contributed by atoms with Crippen LogP contribution in [0.15, 0.2) is 48.5 Å². The lowest BCUT2D eigenvalue weighted by Crippen LogP contribution is -2.12. The Morgan fingerprint density at radius 1 is 1.14 bits per heavy atom. The molecular weight excluding hydrogens is 287 g/mol. The molecule has 0 fully saturated rings. The standard InChI is InChI=1S/C17H16ClFN2/c1-20-10-13-9-12-5-2-3-8-17(12)21(13)11-14-15(18)6-4-7-16(14)19/h2-9,20H,10-11H2,1H3. The van der Waals surface area contributed by atoms with Crippen molar-refractivity contribution in [1.82, 2.24) is 9.88 Å². The van der Waals surface area contributed by atoms with Gasteiger partial charge in [-0.3, -0.25) is 0 Å². The van der Waals surface area contributed by atoms with E-state index < -0.39 is 0 Å². The number of rotatable bonds is 4. The highest BCUT2D eigenvalue weighted by atomic mass is 35.5. The molecule has 4 heteroatoms. The molecular formula is C17H16ClFN2. The van der Waals surface area contributed by atoms with Gasteiger partial charge in [-0.25, -0.2) is 4.39 Å². The predicted octanol–water partition coefficient (Wildman–Crippen LogP) is 4.20. The molecule has 0 aliphatic rings. The smallest absolute Gasteiger partial charge is 0.129 e. The number of benzene rings is 2. The number of hydrogen-bond acceptors (Lipinski definition) is 1. The zero-order valence-corrected chi connectivity index (χ0v) is 12.5. The molecule has 0 atom stereocenters. The van der Waals surface area contributed by atoms with Gasteiger partial charge in [-0.1, -0.05) is 35.9 Å². The zero-order chi connectivity index (χ0) is 14.8. The molecule has 2 nitrogen and oxygen atoms in total. The lowest BCUT2D eigenvalue weighted by atomic mass is 10.2. The normalized spacial score (nSPS) is 11.2. The van der Waals surface area contributed by atoms with Crippen LogP contribution < -0.4 is 5.32 Å². The Balaban J connectivity index is 2.12. The van der Waals surface area contributed by atoms with Crippen LogP contribution in [-0.4, -0.2) is 11.6 Å². The van der Waals surface area contributed by atoms with Gasteiger partial charge in [0.25, 0.3) is 0 Å². The minimum absolute atomic E-state index is 0.268. The Labute approximate surface area is 128 Å². The Bertz CT molecular complexity index is 759. The number of para-hydroxylation sites is 1. The lowest BCUT2D eigenvalue weighted by molar-refractivity contribution is 0.596. The highest BCUT2D eigenvalue weighted by molar-refractivity contribution is 6.31. The highest BCUT2D eigenvalue weighted by Gasteiger charge is 2.12. The maximum Gasteiger partial charge on any atom is 0.129 e. The fraction of sp³-hybridized carbons (Fsp3) is 0.176. The molecule has 1 N–H and O–H groups in total. The molecule has 21 heavy (non-hydrogen) atoms. The minimum atomic E-state index is -0.268. The topological polar surface area (TPSA) is 17.0 Å². The summed E-state index contributed by atoms with van der Waals surface area (Å²) < 4.78 is 16.2. The Hall–Kier alpha value is -1.84. The van der Waals surface area contributed by atoms with Gasteiger partial charge in [-0.2, -0.15) is 0 Å². The molecule has 3 rings (SSSR count). The van der Waals surface area contributed by atoms with Gasteiger partial charge in [0.1, 0.15) is 5.82 Å². The molecule has 108 valence electrons. The van der Waals surface area contributed by atoms with Gasteiger partial charge in [-0.05, 0) is 36.7 Å². The van der Waals surface area contributed by atoms with Crippen LogP contribution in [0, 0.1) is 5.82 Å². The van der Waals surface area contributed by atoms with Crippen molar-refractivity contribution in [1.29, 1.82) is 0 Å². The summed E-state index contributed by atoms with van der Waals surface area (Å²) in [4.78, 5) is 0. The average molecular weight is 303 g/mol. The average Bonchev–Trinajstić information content (AvgIpc) is 2.81. The summed E-state index contributed by atoms with van der Waals surface area (Å²) in [5, 5.41) is 4.76. The molecule has 0 radical (unpaired) electrons. The van der Waals surface area contributed by atoms with Crippen LogP contribution in [0.3, 0.4) is 0 Å². The minimum Gasteiger partial charge on any atom is -0.339 e. The van der Waals surface area contributed by atoms with E-state index in [9.17, 15) is 4.39 Å². The van der Waals surface area contributed by atoms with Gasteiger partial charge in [0.05, 0.1) is 6.54 Å². The highest BCUT2D eigenvalue weighted by Crippen LogP contribution is 2.25. The number of fused-ring (bicyclic) bond motifs is 1. The van der Waals surface area contributed by atoms with Crippen molar-refractivity contribution in [2.24, 2.45) is 0 Å².